The van der Waals surface area contributed by atoms with Gasteiger partial charge in [-0.15, -0.1) is 0 Å². The van der Waals surface area contributed by atoms with Gasteiger partial charge in [-0.2, -0.15) is 0 Å². The molecule has 1 spiro atoms. The monoisotopic (exact) mass is 815 g/mol. The van der Waals surface area contributed by atoms with Gasteiger partial charge in [0.1, 0.15) is 0 Å². The van der Waals surface area contributed by atoms with Crippen molar-refractivity contribution in [3.8, 4) is 0 Å². The van der Waals surface area contributed by atoms with E-state index >= 15 is 0 Å². The van der Waals surface area contributed by atoms with Crippen LogP contribution in [0, 0.1) is 71.9 Å². The Hall–Kier alpha value is -3.94. The molecule has 5 rings (SSSR count). The van der Waals surface area contributed by atoms with Crippen molar-refractivity contribution in [1.82, 2.24) is 4.90 Å². The van der Waals surface area contributed by atoms with Crippen LogP contribution in [0.15, 0.2) is 71.8 Å². The molecule has 2 aliphatic heterocycles. The maximum atomic E-state index is 7.50. The second-order valence-electron chi connectivity index (χ2n) is 8.97. The van der Waals surface area contributed by atoms with Gasteiger partial charge in [0.15, 0.2) is 5.72 Å². The quantitative estimate of drug-likeness (QED) is 0.265. The van der Waals surface area contributed by atoms with E-state index in [1.54, 1.807) is 0 Å². The van der Waals surface area contributed by atoms with Crippen molar-refractivity contribution >= 4 is 11.3 Å². The van der Waals surface area contributed by atoms with Crippen LogP contribution in [0.3, 0.4) is 0 Å². The summed E-state index contributed by atoms with van der Waals surface area (Å²) < 4.78 is 93.7. The Morgan fingerprint density at radius 2 is 0.963 bits per heavy atom. The SMILES string of the molecule is CCOCC1=C(c2ccccc2)N2CCOC23C(COCC)=C(c2ccccc2)C3(C)C1.[C-]#[O+].[C-]#[O+].[C-]#[O+].[C-]#[O+].[C-]#[O+].[C-]#[O+].[C-]#[O+].[C-]#[O+].[C-]#[O+].[C-]#[O+].[Cr].[Cr]. The molecular weight excluding hydrogens is 782 g/mol. The topological polar surface area (TPSA) is 230 Å². The summed E-state index contributed by atoms with van der Waals surface area (Å²) in [5.41, 5.74) is 7.15. The van der Waals surface area contributed by atoms with Crippen LogP contribution in [0.2, 0.25) is 0 Å². The van der Waals surface area contributed by atoms with Gasteiger partial charge >= 0.3 is 113 Å². The Morgan fingerprint density at radius 3 is 1.35 bits per heavy atom. The summed E-state index contributed by atoms with van der Waals surface area (Å²) in [5.74, 6) is 0. The molecule has 0 radical (unpaired) electrons. The molecule has 54 heavy (non-hydrogen) atoms. The van der Waals surface area contributed by atoms with E-state index in [0.717, 1.165) is 13.0 Å². The third-order valence-electron chi connectivity index (χ3n) is 7.23. The maximum Gasteiger partial charge on any atom is 0 e. The largest absolute Gasteiger partial charge is 0 e. The van der Waals surface area contributed by atoms with Gasteiger partial charge in [0.2, 0.25) is 0 Å². The van der Waals surface area contributed by atoms with Gasteiger partial charge in [0, 0.05) is 71.2 Å². The van der Waals surface area contributed by atoms with Gasteiger partial charge in [0.05, 0.1) is 19.8 Å². The van der Waals surface area contributed by atoms with E-state index < -0.39 is 5.72 Å². The van der Waals surface area contributed by atoms with E-state index in [9.17, 15) is 0 Å². The average molecular weight is 816 g/mol. The predicted molar refractivity (Wildman–Crippen MR) is 167 cm³/mol. The minimum atomic E-state index is -0.464. The first-order valence-electron chi connectivity index (χ1n) is 13.9. The van der Waals surface area contributed by atoms with E-state index in [1.165, 1.54) is 33.5 Å². The standard InChI is InChI=1S/C28H33NO3.10CO.2Cr/c1-4-30-19-23-18-27(3)25(21-12-8-6-9-13-21)24(20-31-5-2)28(27)29(16-17-32-28)26(23)22-14-10-7-11-15-22;10*1-2;;/h6-15H,4-5,16-20H2,1-3H3;;;;;;;;;;;;. The third-order valence-corrected chi connectivity index (χ3v) is 7.23. The van der Waals surface area contributed by atoms with Gasteiger partial charge in [-0.05, 0) is 42.5 Å². The maximum absolute atomic E-state index is 7.50. The van der Waals surface area contributed by atoms with Crippen LogP contribution in [0.5, 0.6) is 0 Å². The summed E-state index contributed by atoms with van der Waals surface area (Å²) in [4.78, 5) is 2.51. The molecule has 3 aliphatic rings. The Balaban J connectivity index is -0.000000140. The average Bonchev–Trinajstić information content (AvgIpc) is 3.74. The van der Waals surface area contributed by atoms with Crippen molar-refractivity contribution in [2.75, 3.05) is 39.6 Å². The predicted octanol–water partition coefficient (Wildman–Crippen LogP) is 5.00. The first-order chi connectivity index (χ1) is 25.7. The molecule has 2 heterocycles. The number of rotatable bonds is 8. The fourth-order valence-corrected chi connectivity index (χ4v) is 6.12. The van der Waals surface area contributed by atoms with Crippen molar-refractivity contribution < 1.29 is 95.5 Å². The second-order valence-corrected chi connectivity index (χ2v) is 8.97. The van der Waals surface area contributed by atoms with Crippen LogP contribution < -0.4 is 0 Å². The van der Waals surface area contributed by atoms with Crippen molar-refractivity contribution in [3.63, 3.8) is 0 Å². The van der Waals surface area contributed by atoms with Crippen LogP contribution >= 0.6 is 0 Å². The smallest absolute Gasteiger partial charge is 0 e. The summed E-state index contributed by atoms with van der Waals surface area (Å²) in [7, 11) is 0. The molecule has 0 amide bonds. The summed E-state index contributed by atoms with van der Waals surface area (Å²) in [5, 5.41) is 0. The zero-order valence-electron chi connectivity index (χ0n) is 29.3. The Labute approximate surface area is 337 Å². The molecule has 1 fully saturated rings. The van der Waals surface area contributed by atoms with E-state index in [4.69, 9.17) is 60.7 Å². The molecule has 2 aromatic rings. The van der Waals surface area contributed by atoms with Crippen molar-refractivity contribution in [1.29, 1.82) is 0 Å². The van der Waals surface area contributed by atoms with Crippen LogP contribution in [0.25, 0.3) is 11.3 Å². The second kappa shape index (κ2) is 47.1. The molecule has 2 aromatic carbocycles. The minimum absolute atomic E-state index is 0. The Morgan fingerprint density at radius 1 is 0.593 bits per heavy atom. The van der Waals surface area contributed by atoms with Crippen LogP contribution in [0.1, 0.15) is 38.3 Å². The zero-order chi connectivity index (χ0) is 42.2. The molecule has 1 aliphatic carbocycles. The molecule has 0 aromatic heterocycles. The normalized spacial score (nSPS) is 16.2. The number of ether oxygens (including phenoxy) is 3. The van der Waals surface area contributed by atoms with Gasteiger partial charge in [-0.25, -0.2) is 0 Å². The minimum Gasteiger partial charge on any atom is 0 e. The molecule has 0 saturated carbocycles. The van der Waals surface area contributed by atoms with Crippen molar-refractivity contribution in [2.24, 2.45) is 5.41 Å². The van der Waals surface area contributed by atoms with Gasteiger partial charge in [0.25, 0.3) is 0 Å². The third kappa shape index (κ3) is 17.0. The Bertz CT molecular complexity index is 1410. The van der Waals surface area contributed by atoms with E-state index in [2.05, 4.69) is 153 Å². The molecule has 0 N–H and O–H groups in total. The summed E-state index contributed by atoms with van der Waals surface area (Å²) in [6, 6.07) is 21.5. The van der Waals surface area contributed by atoms with Gasteiger partial charge in [-0.1, -0.05) is 67.6 Å². The molecule has 2 atom stereocenters. The fourth-order valence-electron chi connectivity index (χ4n) is 6.12. The molecule has 1 saturated heterocycles. The van der Waals surface area contributed by atoms with E-state index in [1.807, 2.05) is 0 Å². The Kier molecular flexibility index (Phi) is 59.4. The van der Waals surface area contributed by atoms with Crippen LogP contribution in [-0.2, 0) is 95.5 Å². The van der Waals surface area contributed by atoms with Crippen LogP contribution in [-0.4, -0.2) is 50.2 Å². The summed E-state index contributed by atoms with van der Waals surface area (Å²) >= 11 is 0. The molecule has 2 unspecified atom stereocenters. The fraction of sp³-hybridized carbons (Fsp3) is 0.316. The number of nitrogens with zero attached hydrogens (tertiary/aromatic N) is 1. The summed E-state index contributed by atoms with van der Waals surface area (Å²) in [6.45, 7) is 55.7. The molecule has 280 valence electrons. The molecule has 0 bridgehead atoms. The first-order valence-corrected chi connectivity index (χ1v) is 13.9. The molecule has 14 nitrogen and oxygen atoms in total. The van der Waals surface area contributed by atoms with Crippen molar-refractivity contribution in [2.45, 2.75) is 32.9 Å². The van der Waals surface area contributed by atoms with Gasteiger partial charge < -0.3 is 19.1 Å². The number of hydrogen-bond donors (Lipinski definition) is 0. The molecular formula is C38H33Cr2NO13. The summed E-state index contributed by atoms with van der Waals surface area (Å²) in [6.07, 6.45) is 0.910. The van der Waals surface area contributed by atoms with Crippen LogP contribution in [0.4, 0.5) is 0 Å². The number of hydrogen-bond acceptors (Lipinski definition) is 4. The number of benzene rings is 2. The van der Waals surface area contributed by atoms with E-state index in [0.29, 0.717) is 33.0 Å². The van der Waals surface area contributed by atoms with Gasteiger partial charge in [-0.3, -0.25) is 0 Å². The van der Waals surface area contributed by atoms with Crippen molar-refractivity contribution in [3.05, 3.63) is 149 Å². The zero-order valence-corrected chi connectivity index (χ0v) is 31.8. The molecule has 16 heteroatoms. The first kappa shape index (κ1) is 68.1. The van der Waals surface area contributed by atoms with E-state index in [-0.39, 0.29) is 40.1 Å².